The van der Waals surface area contributed by atoms with Crippen LogP contribution < -0.4 is 5.32 Å². The molecule has 0 spiro atoms. The summed E-state index contributed by atoms with van der Waals surface area (Å²) < 4.78 is 5.35. The van der Waals surface area contributed by atoms with Crippen LogP contribution in [0.15, 0.2) is 39.5 Å². The minimum atomic E-state index is -0.251. The molecular formula is C11H8BrClN2O2. The smallest absolute Gasteiger partial charge is 0.253 e. The molecule has 2 rings (SSSR count). The monoisotopic (exact) mass is 314 g/mol. The summed E-state index contributed by atoms with van der Waals surface area (Å²) >= 11 is 9.27. The fourth-order valence-electron chi connectivity index (χ4n) is 1.27. The maximum absolute atomic E-state index is 11.8. The van der Waals surface area contributed by atoms with Gasteiger partial charge < -0.3 is 9.84 Å². The summed E-state index contributed by atoms with van der Waals surface area (Å²) in [5, 5.41) is 6.79. The maximum Gasteiger partial charge on any atom is 0.253 e. The number of rotatable bonds is 3. The van der Waals surface area contributed by atoms with E-state index in [1.54, 1.807) is 24.3 Å². The number of aromatic nitrogens is 1. The highest BCUT2D eigenvalue weighted by atomic mass is 79.9. The molecule has 1 amide bonds. The van der Waals surface area contributed by atoms with Gasteiger partial charge >= 0.3 is 0 Å². The Kier molecular flexibility index (Phi) is 3.81. The lowest BCUT2D eigenvalue weighted by atomic mass is 10.2. The lowest BCUT2D eigenvalue weighted by molar-refractivity contribution is 0.0950. The molecule has 1 heterocycles. The van der Waals surface area contributed by atoms with Crippen LogP contribution in [0.4, 0.5) is 0 Å². The Labute approximate surface area is 111 Å². The number of carbonyl (C=O) groups excluding carboxylic acids is 1. The van der Waals surface area contributed by atoms with Gasteiger partial charge in [-0.3, -0.25) is 4.79 Å². The van der Waals surface area contributed by atoms with Crippen molar-refractivity contribution in [1.82, 2.24) is 10.5 Å². The van der Waals surface area contributed by atoms with Gasteiger partial charge in [-0.2, -0.15) is 0 Å². The Bertz CT molecular complexity index is 528. The summed E-state index contributed by atoms with van der Waals surface area (Å²) in [6.45, 7) is 0.304. The summed E-state index contributed by atoms with van der Waals surface area (Å²) in [6, 6.07) is 6.87. The van der Waals surface area contributed by atoms with Crippen molar-refractivity contribution in [3.63, 3.8) is 0 Å². The molecule has 0 fully saturated rings. The number of benzene rings is 1. The molecule has 0 saturated heterocycles. The van der Waals surface area contributed by atoms with Crippen LogP contribution in [0.2, 0.25) is 5.02 Å². The zero-order valence-corrected chi connectivity index (χ0v) is 11.0. The molecule has 0 unspecified atom stereocenters. The second kappa shape index (κ2) is 5.33. The zero-order valence-electron chi connectivity index (χ0n) is 8.61. The number of nitrogens with one attached hydrogen (secondary N) is 1. The highest BCUT2D eigenvalue weighted by Gasteiger charge is 2.12. The van der Waals surface area contributed by atoms with Gasteiger partial charge in [0.2, 0.25) is 0 Å². The first-order valence-corrected chi connectivity index (χ1v) is 5.97. The summed E-state index contributed by atoms with van der Waals surface area (Å²) in [4.78, 5) is 11.8. The van der Waals surface area contributed by atoms with E-state index < -0.39 is 0 Å². The van der Waals surface area contributed by atoms with E-state index in [1.165, 1.54) is 6.26 Å². The molecule has 0 saturated carbocycles. The molecule has 0 aliphatic carbocycles. The van der Waals surface area contributed by atoms with Gasteiger partial charge in [0, 0.05) is 10.5 Å². The maximum atomic E-state index is 11.8. The van der Waals surface area contributed by atoms with Crippen molar-refractivity contribution in [2.24, 2.45) is 0 Å². The quantitative estimate of drug-likeness (QED) is 0.947. The lowest BCUT2D eigenvalue weighted by Crippen LogP contribution is -2.23. The van der Waals surface area contributed by atoms with E-state index in [-0.39, 0.29) is 5.91 Å². The van der Waals surface area contributed by atoms with Crippen molar-refractivity contribution in [2.75, 3.05) is 0 Å². The van der Waals surface area contributed by atoms with E-state index in [9.17, 15) is 4.79 Å². The summed E-state index contributed by atoms with van der Waals surface area (Å²) in [5.41, 5.74) is 1.08. The molecule has 2 aromatic rings. The third-order valence-corrected chi connectivity index (χ3v) is 3.41. The average molecular weight is 316 g/mol. The molecule has 17 heavy (non-hydrogen) atoms. The molecule has 0 atom stereocenters. The van der Waals surface area contributed by atoms with E-state index in [4.69, 9.17) is 11.6 Å². The van der Waals surface area contributed by atoms with Gasteiger partial charge in [0.1, 0.15) is 12.0 Å². The molecule has 88 valence electrons. The van der Waals surface area contributed by atoms with Crippen molar-refractivity contribution >= 4 is 33.4 Å². The van der Waals surface area contributed by atoms with Crippen molar-refractivity contribution in [1.29, 1.82) is 0 Å². The largest absolute Gasteiger partial charge is 0.364 e. The van der Waals surface area contributed by atoms with Gasteiger partial charge in [-0.15, -0.1) is 0 Å². The molecule has 1 aromatic heterocycles. The number of halogens is 2. The number of hydrogen-bond donors (Lipinski definition) is 1. The van der Waals surface area contributed by atoms with Crippen LogP contribution in [0.5, 0.6) is 0 Å². The molecule has 0 aliphatic rings. The molecular weight excluding hydrogens is 307 g/mol. The molecule has 6 heteroatoms. The zero-order chi connectivity index (χ0) is 12.3. The Morgan fingerprint density at radius 2 is 2.29 bits per heavy atom. The van der Waals surface area contributed by atoms with Crippen molar-refractivity contribution in [3.05, 3.63) is 51.3 Å². The highest BCUT2D eigenvalue weighted by Crippen LogP contribution is 2.25. The van der Waals surface area contributed by atoms with E-state index >= 15 is 0 Å². The number of carbonyl (C=O) groups is 1. The van der Waals surface area contributed by atoms with Crippen LogP contribution in [0.25, 0.3) is 0 Å². The predicted molar refractivity (Wildman–Crippen MR) is 66.8 cm³/mol. The van der Waals surface area contributed by atoms with Crippen LogP contribution in [0, 0.1) is 0 Å². The molecule has 0 aliphatic heterocycles. The topological polar surface area (TPSA) is 55.1 Å². The van der Waals surface area contributed by atoms with Gasteiger partial charge in [0.25, 0.3) is 5.91 Å². The standard InChI is InChI=1S/C11H8BrClN2O2/c12-9-3-1-2-8(10(9)13)11(16)14-6-7-4-5-17-15-7/h1-5H,6H2,(H,14,16). The first-order chi connectivity index (χ1) is 8.18. The van der Waals surface area contributed by atoms with Gasteiger partial charge in [0.15, 0.2) is 0 Å². The summed E-state index contributed by atoms with van der Waals surface area (Å²) in [6.07, 6.45) is 1.45. The van der Waals surface area contributed by atoms with Crippen LogP contribution in [0.1, 0.15) is 16.1 Å². The van der Waals surface area contributed by atoms with Crippen LogP contribution in [0.3, 0.4) is 0 Å². The Hall–Kier alpha value is -1.33. The number of hydrogen-bond acceptors (Lipinski definition) is 3. The fraction of sp³-hybridized carbons (Fsp3) is 0.0909. The second-order valence-electron chi connectivity index (χ2n) is 3.27. The van der Waals surface area contributed by atoms with E-state index in [1.807, 2.05) is 0 Å². The highest BCUT2D eigenvalue weighted by molar-refractivity contribution is 9.10. The summed E-state index contributed by atoms with van der Waals surface area (Å²) in [7, 11) is 0. The molecule has 1 aromatic carbocycles. The van der Waals surface area contributed by atoms with Gasteiger partial charge in [-0.1, -0.05) is 22.8 Å². The van der Waals surface area contributed by atoms with Gasteiger partial charge in [-0.25, -0.2) is 0 Å². The number of amides is 1. The normalized spacial score (nSPS) is 10.2. The minimum Gasteiger partial charge on any atom is -0.364 e. The van der Waals surface area contributed by atoms with Gasteiger partial charge in [0.05, 0.1) is 17.1 Å². The first-order valence-electron chi connectivity index (χ1n) is 4.80. The Morgan fingerprint density at radius 3 is 3.00 bits per heavy atom. The Balaban J connectivity index is 2.07. The van der Waals surface area contributed by atoms with Crippen molar-refractivity contribution < 1.29 is 9.32 Å². The second-order valence-corrected chi connectivity index (χ2v) is 4.51. The minimum absolute atomic E-state index is 0.251. The number of nitrogens with zero attached hydrogens (tertiary/aromatic N) is 1. The fourth-order valence-corrected chi connectivity index (χ4v) is 1.85. The molecule has 1 N–H and O–H groups in total. The van der Waals surface area contributed by atoms with Gasteiger partial charge in [-0.05, 0) is 28.1 Å². The molecule has 4 nitrogen and oxygen atoms in total. The predicted octanol–water partition coefficient (Wildman–Crippen LogP) is 3.02. The van der Waals surface area contributed by atoms with Crippen molar-refractivity contribution in [3.8, 4) is 0 Å². The summed E-state index contributed by atoms with van der Waals surface area (Å²) in [5.74, 6) is -0.251. The SMILES string of the molecule is O=C(NCc1ccon1)c1cccc(Br)c1Cl. The third kappa shape index (κ3) is 2.87. The Morgan fingerprint density at radius 1 is 1.47 bits per heavy atom. The van der Waals surface area contributed by atoms with Crippen molar-refractivity contribution in [2.45, 2.75) is 6.54 Å². The van der Waals surface area contributed by atoms with Crippen LogP contribution >= 0.6 is 27.5 Å². The molecule has 0 radical (unpaired) electrons. The van der Waals surface area contributed by atoms with Crippen LogP contribution in [-0.2, 0) is 6.54 Å². The van der Waals surface area contributed by atoms with E-state index in [0.717, 1.165) is 0 Å². The lowest BCUT2D eigenvalue weighted by Gasteiger charge is -2.06. The van der Waals surface area contributed by atoms with Crippen LogP contribution in [-0.4, -0.2) is 11.1 Å². The first kappa shape index (κ1) is 12.1. The average Bonchev–Trinajstić information content (AvgIpc) is 2.82. The van der Waals surface area contributed by atoms with E-state index in [2.05, 4.69) is 30.9 Å². The third-order valence-electron chi connectivity index (χ3n) is 2.12. The van der Waals surface area contributed by atoms with E-state index in [0.29, 0.717) is 27.3 Å². The molecule has 0 bridgehead atoms.